The largest absolute Gasteiger partial charge is 0.508 e. The van der Waals surface area contributed by atoms with Gasteiger partial charge in [0.1, 0.15) is 5.75 Å². The van der Waals surface area contributed by atoms with Crippen molar-refractivity contribution in [1.29, 1.82) is 0 Å². The molecule has 0 aromatic heterocycles. The Hall–Kier alpha value is -2.04. The van der Waals surface area contributed by atoms with Crippen LogP contribution >= 0.6 is 12.4 Å². The summed E-state index contributed by atoms with van der Waals surface area (Å²) in [5, 5.41) is 9.81. The lowest BCUT2D eigenvalue weighted by Gasteiger charge is -2.42. The molecule has 0 bridgehead atoms. The molecule has 0 saturated heterocycles. The first-order valence-corrected chi connectivity index (χ1v) is 8.57. The smallest absolute Gasteiger partial charge is 0.235 e. The number of aromatic hydroxyl groups is 1. The van der Waals surface area contributed by atoms with Crippen LogP contribution in [0.4, 0.5) is 0 Å². The van der Waals surface area contributed by atoms with Crippen molar-refractivity contribution >= 4 is 18.3 Å². The third-order valence-corrected chi connectivity index (χ3v) is 5.42. The van der Waals surface area contributed by atoms with Gasteiger partial charge < -0.3 is 10.8 Å². The van der Waals surface area contributed by atoms with Crippen molar-refractivity contribution in [1.82, 2.24) is 4.90 Å². The molecule has 0 saturated carbocycles. The lowest BCUT2D eigenvalue weighted by Crippen LogP contribution is -2.50. The Morgan fingerprint density at radius 3 is 2.72 bits per heavy atom. The van der Waals surface area contributed by atoms with Crippen LogP contribution in [0.3, 0.4) is 0 Å². The standard InChI is InChI=1S/C20H22N2O2.ClH/c21-20(24)19-11-14-8-9-16(23)10-15(14)12-22(19)18-7-3-5-13-4-1-2-6-17(13)18;/h1-2,4,6,8-10,18-19,23H,3,5,7,11-12H2,(H2,21,24);1H/t18-,19+;/m1./s1. The number of hydrogen-bond donors (Lipinski definition) is 2. The zero-order valence-electron chi connectivity index (χ0n) is 14.0. The van der Waals surface area contributed by atoms with E-state index in [2.05, 4.69) is 29.2 Å². The van der Waals surface area contributed by atoms with E-state index in [9.17, 15) is 9.90 Å². The summed E-state index contributed by atoms with van der Waals surface area (Å²) < 4.78 is 0. The minimum Gasteiger partial charge on any atom is -0.508 e. The van der Waals surface area contributed by atoms with Crippen molar-refractivity contribution in [2.75, 3.05) is 0 Å². The van der Waals surface area contributed by atoms with Crippen molar-refractivity contribution in [2.45, 2.75) is 44.3 Å². The molecule has 1 aliphatic heterocycles. The number of phenolic OH excluding ortho intramolecular Hbond substituents is 1. The van der Waals surface area contributed by atoms with Crippen LogP contribution in [0, 0.1) is 0 Å². The molecule has 2 atom stereocenters. The summed E-state index contributed by atoms with van der Waals surface area (Å²) in [6, 6.07) is 13.8. The molecule has 1 aliphatic carbocycles. The number of carbonyl (C=O) groups is 1. The minimum atomic E-state index is -0.293. The van der Waals surface area contributed by atoms with Gasteiger partial charge in [0.15, 0.2) is 0 Å². The average Bonchev–Trinajstić information content (AvgIpc) is 2.60. The van der Waals surface area contributed by atoms with Crippen molar-refractivity contribution in [3.8, 4) is 5.75 Å². The molecular weight excluding hydrogens is 336 g/mol. The molecule has 4 nitrogen and oxygen atoms in total. The van der Waals surface area contributed by atoms with Gasteiger partial charge in [-0.1, -0.05) is 30.3 Å². The van der Waals surface area contributed by atoms with Gasteiger partial charge in [0.05, 0.1) is 6.04 Å². The Kier molecular flexibility index (Phi) is 5.02. The van der Waals surface area contributed by atoms with Gasteiger partial charge in [0.25, 0.3) is 0 Å². The summed E-state index contributed by atoms with van der Waals surface area (Å²) in [6.45, 7) is 0.649. The molecule has 0 fully saturated rings. The fraction of sp³-hybridized carbons (Fsp3) is 0.350. The Labute approximate surface area is 154 Å². The van der Waals surface area contributed by atoms with E-state index in [1.165, 1.54) is 11.1 Å². The van der Waals surface area contributed by atoms with Crippen LogP contribution in [-0.4, -0.2) is 22.0 Å². The van der Waals surface area contributed by atoms with Crippen LogP contribution in [-0.2, 0) is 24.2 Å². The van der Waals surface area contributed by atoms with Crippen LogP contribution in [0.2, 0.25) is 0 Å². The maximum atomic E-state index is 12.1. The molecule has 2 aromatic rings. The maximum absolute atomic E-state index is 12.1. The number of primary amides is 1. The normalized spacial score (nSPS) is 22.4. The van der Waals surface area contributed by atoms with Crippen LogP contribution < -0.4 is 5.73 Å². The van der Waals surface area contributed by atoms with Crippen molar-refractivity contribution in [3.63, 3.8) is 0 Å². The molecule has 25 heavy (non-hydrogen) atoms. The van der Waals surface area contributed by atoms with Gasteiger partial charge in [0.2, 0.25) is 5.91 Å². The fourth-order valence-electron chi connectivity index (χ4n) is 4.26. The highest BCUT2D eigenvalue weighted by atomic mass is 35.5. The number of carbonyl (C=O) groups excluding carboxylic acids is 1. The van der Waals surface area contributed by atoms with E-state index in [-0.39, 0.29) is 36.1 Å². The molecule has 4 rings (SSSR count). The molecule has 2 aromatic carbocycles. The third kappa shape index (κ3) is 3.24. The van der Waals surface area contributed by atoms with E-state index in [0.717, 1.165) is 30.4 Å². The van der Waals surface area contributed by atoms with E-state index >= 15 is 0 Å². The summed E-state index contributed by atoms with van der Waals surface area (Å²) in [5.41, 5.74) is 10.6. The zero-order chi connectivity index (χ0) is 16.7. The molecule has 2 aliphatic rings. The number of aryl methyl sites for hydroxylation is 1. The van der Waals surface area contributed by atoms with Gasteiger partial charge in [-0.2, -0.15) is 0 Å². The first kappa shape index (κ1) is 17.8. The van der Waals surface area contributed by atoms with E-state index in [0.29, 0.717) is 13.0 Å². The van der Waals surface area contributed by atoms with Gasteiger partial charge in [0, 0.05) is 12.6 Å². The number of nitrogens with two attached hydrogens (primary N) is 1. The number of benzene rings is 2. The monoisotopic (exact) mass is 358 g/mol. The van der Waals surface area contributed by atoms with Crippen molar-refractivity contribution in [2.24, 2.45) is 5.73 Å². The van der Waals surface area contributed by atoms with E-state index < -0.39 is 0 Å². The highest BCUT2D eigenvalue weighted by Gasteiger charge is 2.37. The van der Waals surface area contributed by atoms with E-state index in [1.807, 2.05) is 12.1 Å². The zero-order valence-corrected chi connectivity index (χ0v) is 14.8. The molecule has 5 heteroatoms. The second-order valence-electron chi connectivity index (χ2n) is 6.85. The number of hydrogen-bond acceptors (Lipinski definition) is 3. The van der Waals surface area contributed by atoms with Crippen LogP contribution in [0.1, 0.15) is 41.1 Å². The lowest BCUT2D eigenvalue weighted by atomic mass is 9.83. The van der Waals surface area contributed by atoms with Crippen molar-refractivity contribution in [3.05, 3.63) is 64.7 Å². The number of fused-ring (bicyclic) bond motifs is 2. The highest BCUT2D eigenvalue weighted by Crippen LogP contribution is 2.39. The quantitative estimate of drug-likeness (QED) is 0.866. The molecule has 0 unspecified atom stereocenters. The Morgan fingerprint density at radius 1 is 1.12 bits per heavy atom. The maximum Gasteiger partial charge on any atom is 0.235 e. The SMILES string of the molecule is Cl.NC(=O)[C@@H]1Cc2ccc(O)cc2CN1[C@@H]1CCCc2ccccc21. The van der Waals surface area contributed by atoms with E-state index in [4.69, 9.17) is 5.73 Å². The second kappa shape index (κ2) is 7.06. The molecule has 0 spiro atoms. The Balaban J connectivity index is 0.00000182. The molecule has 1 amide bonds. The van der Waals surface area contributed by atoms with Gasteiger partial charge in [-0.15, -0.1) is 12.4 Å². The number of halogens is 1. The molecule has 1 heterocycles. The molecule has 0 radical (unpaired) electrons. The number of amides is 1. The first-order valence-electron chi connectivity index (χ1n) is 8.57. The van der Waals surface area contributed by atoms with Gasteiger partial charge in [-0.3, -0.25) is 9.69 Å². The van der Waals surface area contributed by atoms with Gasteiger partial charge in [-0.25, -0.2) is 0 Å². The predicted molar refractivity (Wildman–Crippen MR) is 99.7 cm³/mol. The van der Waals surface area contributed by atoms with Crippen LogP contribution in [0.25, 0.3) is 0 Å². The summed E-state index contributed by atoms with van der Waals surface area (Å²) in [5.74, 6) is 0.00653. The van der Waals surface area contributed by atoms with Crippen LogP contribution in [0.15, 0.2) is 42.5 Å². The first-order chi connectivity index (χ1) is 11.6. The topological polar surface area (TPSA) is 66.6 Å². The number of rotatable bonds is 2. The lowest BCUT2D eigenvalue weighted by molar-refractivity contribution is -0.125. The van der Waals surface area contributed by atoms with Gasteiger partial charge in [-0.05, 0) is 60.1 Å². The highest BCUT2D eigenvalue weighted by molar-refractivity contribution is 5.85. The Bertz CT molecular complexity index is 793. The minimum absolute atomic E-state index is 0. The number of phenols is 1. The fourth-order valence-corrected chi connectivity index (χ4v) is 4.26. The molecule has 132 valence electrons. The Morgan fingerprint density at radius 2 is 1.92 bits per heavy atom. The molecule has 3 N–H and O–H groups in total. The molecular formula is C20H23ClN2O2. The average molecular weight is 359 g/mol. The summed E-state index contributed by atoms with van der Waals surface area (Å²) >= 11 is 0. The van der Waals surface area contributed by atoms with E-state index in [1.54, 1.807) is 6.07 Å². The van der Waals surface area contributed by atoms with Crippen molar-refractivity contribution < 1.29 is 9.90 Å². The summed E-state index contributed by atoms with van der Waals surface area (Å²) in [6.07, 6.45) is 3.87. The summed E-state index contributed by atoms with van der Waals surface area (Å²) in [7, 11) is 0. The van der Waals surface area contributed by atoms with Crippen LogP contribution in [0.5, 0.6) is 5.75 Å². The summed E-state index contributed by atoms with van der Waals surface area (Å²) in [4.78, 5) is 14.4. The predicted octanol–water partition coefficient (Wildman–Crippen LogP) is 3.10. The number of nitrogens with zero attached hydrogens (tertiary/aromatic N) is 1. The third-order valence-electron chi connectivity index (χ3n) is 5.42. The van der Waals surface area contributed by atoms with Gasteiger partial charge >= 0.3 is 0 Å². The second-order valence-corrected chi connectivity index (χ2v) is 6.85.